The first kappa shape index (κ1) is 21.9. The van der Waals surface area contributed by atoms with Crippen molar-refractivity contribution in [3.8, 4) is 11.4 Å². The number of ether oxygens (including phenoxy) is 1. The summed E-state index contributed by atoms with van der Waals surface area (Å²) in [4.78, 5) is 8.78. The number of aryl methyl sites for hydroxylation is 2. The van der Waals surface area contributed by atoms with Crippen LogP contribution >= 0.6 is 0 Å². The molecule has 34 heavy (non-hydrogen) atoms. The fourth-order valence-corrected chi connectivity index (χ4v) is 4.33. The van der Waals surface area contributed by atoms with Crippen molar-refractivity contribution in [3.63, 3.8) is 0 Å². The summed E-state index contributed by atoms with van der Waals surface area (Å²) in [5.41, 5.74) is 2.47. The van der Waals surface area contributed by atoms with E-state index in [9.17, 15) is 13.2 Å². The summed E-state index contributed by atoms with van der Waals surface area (Å²) < 4.78 is 51.3. The highest BCUT2D eigenvalue weighted by Crippen LogP contribution is 2.35. The van der Waals surface area contributed by atoms with E-state index >= 15 is 0 Å². The minimum Gasteiger partial charge on any atom is -0.495 e. The Morgan fingerprint density at radius 1 is 1.09 bits per heavy atom. The average Bonchev–Trinajstić information content (AvgIpc) is 3.43. The van der Waals surface area contributed by atoms with Crippen molar-refractivity contribution in [2.24, 2.45) is 0 Å². The lowest BCUT2D eigenvalue weighted by atomic mass is 9.90. The second-order valence-corrected chi connectivity index (χ2v) is 8.22. The lowest BCUT2D eigenvalue weighted by molar-refractivity contribution is 0.413. The average molecular weight is 465 g/mol. The highest BCUT2D eigenvalue weighted by Gasteiger charge is 2.30. The predicted molar refractivity (Wildman–Crippen MR) is 121 cm³/mol. The van der Waals surface area contributed by atoms with E-state index in [1.54, 1.807) is 24.2 Å². The van der Waals surface area contributed by atoms with Crippen LogP contribution in [0.15, 0.2) is 42.9 Å². The van der Waals surface area contributed by atoms with E-state index in [0.717, 1.165) is 16.9 Å². The zero-order chi connectivity index (χ0) is 23.8. The van der Waals surface area contributed by atoms with Crippen LogP contribution in [0.25, 0.3) is 17.8 Å². The van der Waals surface area contributed by atoms with Gasteiger partial charge in [0.25, 0.3) is 0 Å². The molecule has 0 bridgehead atoms. The van der Waals surface area contributed by atoms with Gasteiger partial charge in [-0.3, -0.25) is 0 Å². The number of imidazole rings is 1. The van der Waals surface area contributed by atoms with Gasteiger partial charge in [-0.25, -0.2) is 27.8 Å². The van der Waals surface area contributed by atoms with E-state index < -0.39 is 23.4 Å². The summed E-state index contributed by atoms with van der Waals surface area (Å²) in [5, 5.41) is 4.49. The molecule has 174 valence electrons. The molecule has 2 aromatic carbocycles. The maximum Gasteiger partial charge on any atom is 0.174 e. The zero-order valence-corrected chi connectivity index (χ0v) is 18.7. The molecule has 0 saturated heterocycles. The van der Waals surface area contributed by atoms with Gasteiger partial charge in [0, 0.05) is 36.4 Å². The summed E-state index contributed by atoms with van der Waals surface area (Å²) in [7, 11) is 1.61. The molecular weight excluding hydrogens is 443 g/mol. The normalized spacial score (nSPS) is 15.6. The maximum absolute atomic E-state index is 14.4. The van der Waals surface area contributed by atoms with E-state index in [4.69, 9.17) is 4.74 Å². The molecule has 0 saturated carbocycles. The second-order valence-electron chi connectivity index (χ2n) is 8.22. The number of fused-ring (bicyclic) bond motifs is 1. The van der Waals surface area contributed by atoms with Gasteiger partial charge in [0.1, 0.15) is 29.0 Å². The van der Waals surface area contributed by atoms with E-state index in [2.05, 4.69) is 15.1 Å². The van der Waals surface area contributed by atoms with Crippen LogP contribution in [0.2, 0.25) is 0 Å². The molecule has 9 heteroatoms. The van der Waals surface area contributed by atoms with Crippen molar-refractivity contribution in [2.75, 3.05) is 7.11 Å². The molecule has 5 rings (SSSR count). The number of rotatable bonds is 5. The van der Waals surface area contributed by atoms with Crippen LogP contribution in [0, 0.1) is 24.4 Å². The summed E-state index contributed by atoms with van der Waals surface area (Å²) >= 11 is 0. The molecule has 2 aromatic heterocycles. The van der Waals surface area contributed by atoms with Crippen LogP contribution in [0.1, 0.15) is 47.2 Å². The van der Waals surface area contributed by atoms with Gasteiger partial charge in [-0.15, -0.1) is 0 Å². The fraction of sp³-hybridized carbons (Fsp3) is 0.240. The Bertz CT molecular complexity index is 1370. The van der Waals surface area contributed by atoms with Gasteiger partial charge in [0.2, 0.25) is 0 Å². The molecule has 0 radical (unpaired) electrons. The molecule has 6 nitrogen and oxygen atoms in total. The van der Waals surface area contributed by atoms with Gasteiger partial charge < -0.3 is 9.30 Å². The third-order valence-corrected chi connectivity index (χ3v) is 5.90. The van der Waals surface area contributed by atoms with Crippen molar-refractivity contribution in [1.29, 1.82) is 0 Å². The SMILES string of the molecule is COc1cc(/C=C/c2nc3n(n2)CCC[C@H]3c2c(F)cc(F)cc2F)ccc1-n1cnc(C)c1. The minimum absolute atomic E-state index is 0.166. The first-order valence-electron chi connectivity index (χ1n) is 10.9. The van der Waals surface area contributed by atoms with Crippen LogP contribution in [0.3, 0.4) is 0 Å². The van der Waals surface area contributed by atoms with Gasteiger partial charge in [-0.1, -0.05) is 12.1 Å². The lowest BCUT2D eigenvalue weighted by Crippen LogP contribution is -2.20. The number of hydrogen-bond donors (Lipinski definition) is 0. The summed E-state index contributed by atoms with van der Waals surface area (Å²) in [6.07, 6.45) is 8.43. The molecule has 0 unspecified atom stereocenters. The van der Waals surface area contributed by atoms with Gasteiger partial charge >= 0.3 is 0 Å². The van der Waals surface area contributed by atoms with Crippen molar-refractivity contribution in [2.45, 2.75) is 32.2 Å². The fourth-order valence-electron chi connectivity index (χ4n) is 4.33. The molecule has 4 aromatic rings. The molecule has 0 aliphatic carbocycles. The largest absolute Gasteiger partial charge is 0.495 e. The van der Waals surface area contributed by atoms with Gasteiger partial charge in [0.15, 0.2) is 5.82 Å². The Morgan fingerprint density at radius 3 is 2.59 bits per heavy atom. The first-order valence-corrected chi connectivity index (χ1v) is 10.9. The highest BCUT2D eigenvalue weighted by molar-refractivity contribution is 5.69. The molecule has 1 aliphatic heterocycles. The Hall–Kier alpha value is -3.88. The third-order valence-electron chi connectivity index (χ3n) is 5.90. The zero-order valence-electron chi connectivity index (χ0n) is 18.7. The van der Waals surface area contributed by atoms with Crippen molar-refractivity contribution < 1.29 is 17.9 Å². The molecule has 1 atom stereocenters. The summed E-state index contributed by atoms with van der Waals surface area (Å²) in [6.45, 7) is 2.52. The minimum atomic E-state index is -0.940. The maximum atomic E-state index is 14.4. The van der Waals surface area contributed by atoms with E-state index in [0.29, 0.717) is 48.9 Å². The van der Waals surface area contributed by atoms with Crippen LogP contribution in [-0.4, -0.2) is 31.4 Å². The van der Waals surface area contributed by atoms with Crippen LogP contribution in [0.4, 0.5) is 13.2 Å². The second kappa shape index (κ2) is 8.81. The molecule has 0 amide bonds. The Morgan fingerprint density at radius 2 is 1.88 bits per heavy atom. The topological polar surface area (TPSA) is 57.8 Å². The molecule has 0 spiro atoms. The van der Waals surface area contributed by atoms with Gasteiger partial charge in [-0.05, 0) is 43.5 Å². The third kappa shape index (κ3) is 4.09. The van der Waals surface area contributed by atoms with Gasteiger partial charge in [-0.2, -0.15) is 5.10 Å². The first-order chi connectivity index (χ1) is 16.4. The molecular formula is C25H22F3N5O. The Balaban J connectivity index is 1.43. The predicted octanol–water partition coefficient (Wildman–Crippen LogP) is 5.29. The van der Waals surface area contributed by atoms with Crippen molar-refractivity contribution in [1.82, 2.24) is 24.3 Å². The molecule has 3 heterocycles. The summed E-state index contributed by atoms with van der Waals surface area (Å²) in [5.74, 6) is -1.80. The van der Waals surface area contributed by atoms with Gasteiger partial charge in [0.05, 0.1) is 24.8 Å². The monoisotopic (exact) mass is 465 g/mol. The quantitative estimate of drug-likeness (QED) is 0.402. The lowest BCUT2D eigenvalue weighted by Gasteiger charge is -2.23. The van der Waals surface area contributed by atoms with Crippen LogP contribution < -0.4 is 4.74 Å². The van der Waals surface area contributed by atoms with Crippen molar-refractivity contribution in [3.05, 3.63) is 88.8 Å². The number of halogens is 3. The van der Waals surface area contributed by atoms with E-state index in [-0.39, 0.29) is 5.56 Å². The van der Waals surface area contributed by atoms with E-state index in [1.165, 1.54) is 0 Å². The standard InChI is InChI=1S/C25H22F3N5O/c1-15-13-32(14-29-15)21-7-5-16(10-22(21)34-2)6-8-23-30-25-18(4-3-9-33(25)31-23)24-19(27)11-17(26)12-20(24)28/h5-8,10-14,18H,3-4,9H2,1-2H3/b8-6+/t18-/m0/s1. The molecule has 1 aliphatic rings. The number of methoxy groups -OCH3 is 1. The van der Waals surface area contributed by atoms with Crippen molar-refractivity contribution >= 4 is 12.2 Å². The number of hydrogen-bond acceptors (Lipinski definition) is 4. The molecule has 0 fully saturated rings. The summed E-state index contributed by atoms with van der Waals surface area (Å²) in [6, 6.07) is 7.17. The van der Waals surface area contributed by atoms with Crippen LogP contribution in [-0.2, 0) is 6.54 Å². The Labute approximate surface area is 194 Å². The molecule has 0 N–H and O–H groups in total. The Kier molecular flexibility index (Phi) is 5.69. The number of aromatic nitrogens is 5. The van der Waals surface area contributed by atoms with Crippen LogP contribution in [0.5, 0.6) is 5.75 Å². The highest BCUT2D eigenvalue weighted by atomic mass is 19.1. The van der Waals surface area contributed by atoms with E-state index in [1.807, 2.05) is 42.0 Å². The number of nitrogens with zero attached hydrogens (tertiary/aromatic N) is 5. The number of benzene rings is 2. The smallest absolute Gasteiger partial charge is 0.174 e.